The monoisotopic (exact) mass is 879 g/mol. The Hall–Kier alpha value is -3.54. The van der Waals surface area contributed by atoms with Crippen LogP contribution in [0.2, 0.25) is 0 Å². The Balaban J connectivity index is 1.43. The van der Waals surface area contributed by atoms with E-state index >= 15 is 0 Å². The molecule has 356 valence electrons. The maximum absolute atomic E-state index is 14.9. The number of amides is 2. The first kappa shape index (κ1) is 51.4. The Morgan fingerprint density at radius 1 is 0.406 bits per heavy atom. The number of carbonyl (C=O) groups excluding carboxylic acids is 2. The third-order valence-electron chi connectivity index (χ3n) is 14.4. The molecule has 6 nitrogen and oxygen atoms in total. The van der Waals surface area contributed by atoms with Gasteiger partial charge in [-0.25, -0.2) is 0 Å². The molecule has 6 heteroatoms. The van der Waals surface area contributed by atoms with E-state index in [0.29, 0.717) is 47.6 Å². The van der Waals surface area contributed by atoms with E-state index in [1.54, 1.807) is 12.5 Å². The van der Waals surface area contributed by atoms with Crippen LogP contribution in [0.1, 0.15) is 245 Å². The molecular formula is C58H90N2O4. The Labute approximate surface area is 390 Å². The molecule has 0 fully saturated rings. The van der Waals surface area contributed by atoms with Gasteiger partial charge in [-0.2, -0.15) is 0 Å². The number of unbranched alkanes of at least 4 members (excludes halogenated alkanes) is 24. The second kappa shape index (κ2) is 29.9. The van der Waals surface area contributed by atoms with Crippen LogP contribution in [0.3, 0.4) is 0 Å². The highest BCUT2D eigenvalue weighted by atomic mass is 16.3. The van der Waals surface area contributed by atoms with Crippen molar-refractivity contribution in [3.05, 3.63) is 70.9 Å². The molecule has 4 heterocycles. The van der Waals surface area contributed by atoms with Crippen LogP contribution in [-0.2, 0) is 9.59 Å². The number of hydrogen-bond acceptors (Lipinski definition) is 4. The lowest BCUT2D eigenvalue weighted by molar-refractivity contribution is -0.114. The molecule has 5 rings (SSSR count). The van der Waals surface area contributed by atoms with Gasteiger partial charge in [0.2, 0.25) is 0 Å². The van der Waals surface area contributed by atoms with Crippen LogP contribution in [0.15, 0.2) is 57.8 Å². The molecule has 1 aromatic carbocycles. The van der Waals surface area contributed by atoms with Crippen LogP contribution in [0.25, 0.3) is 11.1 Å². The summed E-state index contributed by atoms with van der Waals surface area (Å²) in [6.45, 7) is 10.5. The maximum Gasteiger partial charge on any atom is 0.262 e. The molecule has 2 atom stereocenters. The molecule has 2 unspecified atom stereocenters. The molecule has 0 N–H and O–H groups in total. The lowest BCUT2D eigenvalue weighted by atomic mass is 9.93. The van der Waals surface area contributed by atoms with Crippen molar-refractivity contribution in [2.24, 2.45) is 11.8 Å². The third kappa shape index (κ3) is 15.8. The highest BCUT2D eigenvalue weighted by Gasteiger charge is 2.38. The predicted octanol–water partition coefficient (Wildman–Crippen LogP) is 15.8. The average molecular weight is 879 g/mol. The first-order valence-corrected chi connectivity index (χ1v) is 27.2. The van der Waals surface area contributed by atoms with Crippen molar-refractivity contribution in [2.45, 2.75) is 233 Å². The minimum absolute atomic E-state index is 0.0190. The van der Waals surface area contributed by atoms with Crippen LogP contribution in [0.4, 0.5) is 11.4 Å². The Kier molecular flexibility index (Phi) is 24.0. The molecule has 0 bridgehead atoms. The van der Waals surface area contributed by atoms with Crippen LogP contribution in [0, 0.1) is 11.8 Å². The van der Waals surface area contributed by atoms with Gasteiger partial charge in [-0.15, -0.1) is 0 Å². The van der Waals surface area contributed by atoms with Gasteiger partial charge in [0, 0.05) is 23.5 Å². The summed E-state index contributed by atoms with van der Waals surface area (Å²) in [7, 11) is 0. The maximum atomic E-state index is 14.9. The SMILES string of the molecule is CCCCCCCCCCC(CCCCCCCC)CN1C(=O)C(c2ccco2)=c2cc3c(cc21)=C(c1ccco1)C(=O)N3CC(CCCCCCCC)CCCCCCCCCC. The van der Waals surface area contributed by atoms with Crippen molar-refractivity contribution < 1.29 is 18.4 Å². The van der Waals surface area contributed by atoms with Crippen LogP contribution >= 0.6 is 0 Å². The smallest absolute Gasteiger partial charge is 0.262 e. The molecule has 2 aromatic heterocycles. The number of furan rings is 2. The van der Waals surface area contributed by atoms with Crippen LogP contribution in [-0.4, -0.2) is 24.9 Å². The van der Waals surface area contributed by atoms with Crippen LogP contribution < -0.4 is 20.2 Å². The minimum atomic E-state index is 0.0190. The summed E-state index contributed by atoms with van der Waals surface area (Å²) in [4.78, 5) is 33.9. The van der Waals surface area contributed by atoms with E-state index in [1.807, 2.05) is 24.3 Å². The highest BCUT2D eigenvalue weighted by Crippen LogP contribution is 2.34. The Morgan fingerprint density at radius 3 is 0.953 bits per heavy atom. The second-order valence-electron chi connectivity index (χ2n) is 19.8. The Morgan fingerprint density at radius 2 is 0.688 bits per heavy atom. The number of benzene rings is 1. The summed E-state index contributed by atoms with van der Waals surface area (Å²) in [6, 6.07) is 11.9. The summed E-state index contributed by atoms with van der Waals surface area (Å²) in [5, 5.41) is 1.77. The molecule has 0 spiro atoms. The molecule has 2 aliphatic heterocycles. The number of rotatable bonds is 38. The number of fused-ring (bicyclic) bond motifs is 2. The topological polar surface area (TPSA) is 66.9 Å². The number of nitrogens with zero attached hydrogens (tertiary/aromatic N) is 2. The molecule has 64 heavy (non-hydrogen) atoms. The average Bonchev–Trinajstić information content (AvgIpc) is 4.12. The summed E-state index contributed by atoms with van der Waals surface area (Å²) in [5.74, 6) is 2.07. The van der Waals surface area contributed by atoms with E-state index in [-0.39, 0.29) is 11.8 Å². The zero-order valence-corrected chi connectivity index (χ0v) is 41.3. The molecule has 0 aliphatic carbocycles. The molecule has 0 radical (unpaired) electrons. The molecule has 0 saturated carbocycles. The standard InChI is InChI=1S/C58H90N2O4/c1-5-9-13-17-21-23-27-31-37-47(35-29-25-19-15-11-7-3)45-59-51-43-50-52(44-49(51)55(57(59)61)53-39-33-41-63-53)60(58(62)56(50)54-40-34-42-64-54)46-48(36-30-26-20-16-12-8-4)38-32-28-24-22-18-14-10-6-2/h33-34,39-44,47-48H,5-32,35-38,45-46H2,1-4H3. The van der Waals surface area contributed by atoms with Gasteiger partial charge in [0.1, 0.15) is 11.5 Å². The van der Waals surface area contributed by atoms with Gasteiger partial charge in [0.15, 0.2) is 0 Å². The first-order chi connectivity index (χ1) is 31.5. The lowest BCUT2D eigenvalue weighted by Gasteiger charge is -2.27. The number of anilines is 2. The van der Waals surface area contributed by atoms with Crippen molar-refractivity contribution >= 4 is 34.3 Å². The van der Waals surface area contributed by atoms with Crippen molar-refractivity contribution in [1.82, 2.24) is 0 Å². The first-order valence-electron chi connectivity index (χ1n) is 27.2. The van der Waals surface area contributed by atoms with Gasteiger partial charge in [-0.3, -0.25) is 9.59 Å². The van der Waals surface area contributed by atoms with E-state index in [2.05, 4.69) is 49.6 Å². The van der Waals surface area contributed by atoms with Crippen molar-refractivity contribution in [3.8, 4) is 0 Å². The van der Waals surface area contributed by atoms with E-state index in [4.69, 9.17) is 8.83 Å². The Bertz CT molecular complexity index is 1720. The normalized spacial score (nSPS) is 14.6. The van der Waals surface area contributed by atoms with Gasteiger partial charge in [0.25, 0.3) is 11.8 Å². The summed E-state index contributed by atoms with van der Waals surface area (Å²) in [6.07, 6.45) is 44.1. The van der Waals surface area contributed by atoms with E-state index in [1.165, 1.54) is 180 Å². The van der Waals surface area contributed by atoms with Crippen molar-refractivity contribution in [3.63, 3.8) is 0 Å². The third-order valence-corrected chi connectivity index (χ3v) is 14.4. The summed E-state index contributed by atoms with van der Waals surface area (Å²) in [5.41, 5.74) is 3.05. The fraction of sp³-hybridized carbons (Fsp3) is 0.690. The van der Waals surface area contributed by atoms with Gasteiger partial charge in [-0.1, -0.05) is 207 Å². The molecule has 0 saturated heterocycles. The number of hydrogen-bond donors (Lipinski definition) is 0. The number of carbonyl (C=O) groups is 2. The quantitative estimate of drug-likeness (QED) is 0.0538. The zero-order chi connectivity index (χ0) is 45.2. The van der Waals surface area contributed by atoms with E-state index in [0.717, 1.165) is 47.5 Å². The minimum Gasteiger partial charge on any atom is -0.464 e. The lowest BCUT2D eigenvalue weighted by Crippen LogP contribution is -2.35. The van der Waals surface area contributed by atoms with Crippen LogP contribution in [0.5, 0.6) is 0 Å². The van der Waals surface area contributed by atoms with Gasteiger partial charge >= 0.3 is 0 Å². The van der Waals surface area contributed by atoms with Crippen molar-refractivity contribution in [2.75, 3.05) is 22.9 Å². The van der Waals surface area contributed by atoms with Gasteiger partial charge < -0.3 is 18.6 Å². The fourth-order valence-corrected chi connectivity index (χ4v) is 10.6. The van der Waals surface area contributed by atoms with E-state index < -0.39 is 0 Å². The summed E-state index contributed by atoms with van der Waals surface area (Å²) < 4.78 is 12.1. The van der Waals surface area contributed by atoms with Crippen molar-refractivity contribution in [1.29, 1.82) is 0 Å². The summed E-state index contributed by atoms with van der Waals surface area (Å²) >= 11 is 0. The molecule has 3 aromatic rings. The van der Waals surface area contributed by atoms with E-state index in [9.17, 15) is 9.59 Å². The van der Waals surface area contributed by atoms with Gasteiger partial charge in [-0.05, 0) is 73.9 Å². The predicted molar refractivity (Wildman–Crippen MR) is 270 cm³/mol. The molecular weight excluding hydrogens is 789 g/mol. The second-order valence-corrected chi connectivity index (χ2v) is 19.8. The molecule has 2 amide bonds. The fourth-order valence-electron chi connectivity index (χ4n) is 10.6. The molecule has 2 aliphatic rings. The largest absolute Gasteiger partial charge is 0.464 e. The highest BCUT2D eigenvalue weighted by molar-refractivity contribution is 6.31. The zero-order valence-electron chi connectivity index (χ0n) is 41.3. The van der Waals surface area contributed by atoms with Gasteiger partial charge in [0.05, 0.1) is 35.0 Å².